The fraction of sp³-hybridized carbons (Fsp3) is 0.500. The topological polar surface area (TPSA) is 102 Å². The number of amides is 1. The third kappa shape index (κ3) is 3.49. The summed E-state index contributed by atoms with van der Waals surface area (Å²) in [5.41, 5.74) is 6.83. The van der Waals surface area contributed by atoms with Gasteiger partial charge in [-0.2, -0.15) is 0 Å². The number of nitrogens with one attached hydrogen (secondary N) is 1. The summed E-state index contributed by atoms with van der Waals surface area (Å²) in [6, 6.07) is 5.04. The Morgan fingerprint density at radius 1 is 1.57 bits per heavy atom. The quantitative estimate of drug-likeness (QED) is 0.630. The van der Waals surface area contributed by atoms with Crippen molar-refractivity contribution in [2.75, 3.05) is 25.5 Å². The highest BCUT2D eigenvalue weighted by atomic mass is 16.6. The highest BCUT2D eigenvalue weighted by Crippen LogP contribution is 2.29. The standard InChI is InChI=1S/C14H20N4O3/c1-16-13-10(4-2-6-12(13)18(20)21)8-17-7-3-5-11(9-17)14(15)19/h2,4,6,11,16H,3,5,7-9H2,1H3,(H2,15,19). The van der Waals surface area contributed by atoms with Crippen LogP contribution >= 0.6 is 0 Å². The van der Waals surface area contributed by atoms with Gasteiger partial charge in [0.15, 0.2) is 0 Å². The molecule has 0 aromatic heterocycles. The number of piperidine rings is 1. The number of benzene rings is 1. The van der Waals surface area contributed by atoms with Crippen molar-refractivity contribution in [2.24, 2.45) is 11.7 Å². The average molecular weight is 292 g/mol. The lowest BCUT2D eigenvalue weighted by Gasteiger charge is -2.31. The minimum Gasteiger partial charge on any atom is -0.382 e. The molecule has 0 aliphatic carbocycles. The molecule has 1 fully saturated rings. The highest BCUT2D eigenvalue weighted by molar-refractivity contribution is 5.77. The van der Waals surface area contributed by atoms with Crippen molar-refractivity contribution in [3.8, 4) is 0 Å². The predicted molar refractivity (Wildman–Crippen MR) is 79.8 cm³/mol. The zero-order chi connectivity index (χ0) is 15.4. The van der Waals surface area contributed by atoms with E-state index in [9.17, 15) is 14.9 Å². The van der Waals surface area contributed by atoms with Crippen molar-refractivity contribution in [1.82, 2.24) is 4.90 Å². The van der Waals surface area contributed by atoms with E-state index in [2.05, 4.69) is 10.2 Å². The summed E-state index contributed by atoms with van der Waals surface area (Å²) in [7, 11) is 1.67. The molecule has 1 aromatic carbocycles. The number of nitro benzene ring substituents is 1. The van der Waals surface area contributed by atoms with Crippen LogP contribution in [0.4, 0.5) is 11.4 Å². The Morgan fingerprint density at radius 3 is 2.95 bits per heavy atom. The Bertz CT molecular complexity index is 547. The molecule has 0 saturated carbocycles. The van der Waals surface area contributed by atoms with E-state index in [1.54, 1.807) is 13.1 Å². The van der Waals surface area contributed by atoms with Crippen molar-refractivity contribution in [3.05, 3.63) is 33.9 Å². The number of carbonyl (C=O) groups is 1. The van der Waals surface area contributed by atoms with E-state index < -0.39 is 4.92 Å². The molecule has 1 aliphatic rings. The molecule has 0 bridgehead atoms. The molecule has 1 unspecified atom stereocenters. The fourth-order valence-corrected chi connectivity index (χ4v) is 2.83. The van der Waals surface area contributed by atoms with Gasteiger partial charge >= 0.3 is 0 Å². The molecule has 1 atom stereocenters. The van der Waals surface area contributed by atoms with Gasteiger partial charge < -0.3 is 11.1 Å². The van der Waals surface area contributed by atoms with Crippen molar-refractivity contribution < 1.29 is 9.72 Å². The summed E-state index contributed by atoms with van der Waals surface area (Å²) in [6.45, 7) is 2.05. The van der Waals surface area contributed by atoms with Crippen LogP contribution in [0.3, 0.4) is 0 Å². The van der Waals surface area contributed by atoms with Crippen molar-refractivity contribution in [3.63, 3.8) is 0 Å². The van der Waals surface area contributed by atoms with E-state index >= 15 is 0 Å². The second-order valence-electron chi connectivity index (χ2n) is 5.30. The van der Waals surface area contributed by atoms with Crippen LogP contribution < -0.4 is 11.1 Å². The summed E-state index contributed by atoms with van der Waals surface area (Å²) >= 11 is 0. The van der Waals surface area contributed by atoms with E-state index in [-0.39, 0.29) is 17.5 Å². The molecule has 2 rings (SSSR count). The summed E-state index contributed by atoms with van der Waals surface area (Å²) < 4.78 is 0. The summed E-state index contributed by atoms with van der Waals surface area (Å²) in [5, 5.41) is 14.0. The Kier molecular flexibility index (Phi) is 4.74. The van der Waals surface area contributed by atoms with E-state index in [4.69, 9.17) is 5.73 Å². The van der Waals surface area contributed by atoms with Gasteiger partial charge in [0.2, 0.25) is 5.91 Å². The first-order valence-electron chi connectivity index (χ1n) is 6.98. The SMILES string of the molecule is CNc1c(CN2CCCC(C(N)=O)C2)cccc1[N+](=O)[O-]. The predicted octanol–water partition coefficient (Wildman–Crippen LogP) is 1.33. The lowest BCUT2D eigenvalue weighted by Crippen LogP contribution is -2.40. The average Bonchev–Trinajstić information content (AvgIpc) is 2.47. The van der Waals surface area contributed by atoms with E-state index in [0.717, 1.165) is 24.9 Å². The molecule has 1 heterocycles. The Labute approximate surface area is 123 Å². The van der Waals surface area contributed by atoms with Crippen molar-refractivity contribution in [2.45, 2.75) is 19.4 Å². The molecule has 21 heavy (non-hydrogen) atoms. The zero-order valence-corrected chi connectivity index (χ0v) is 12.0. The maximum atomic E-state index is 11.3. The van der Waals surface area contributed by atoms with E-state index in [1.165, 1.54) is 6.07 Å². The Hall–Kier alpha value is -2.15. The molecule has 3 N–H and O–H groups in total. The first kappa shape index (κ1) is 15.2. The van der Waals surface area contributed by atoms with Crippen LogP contribution in [0.5, 0.6) is 0 Å². The third-order valence-corrected chi connectivity index (χ3v) is 3.88. The van der Waals surface area contributed by atoms with Crippen LogP contribution in [0.15, 0.2) is 18.2 Å². The van der Waals surface area contributed by atoms with Crippen molar-refractivity contribution in [1.29, 1.82) is 0 Å². The maximum absolute atomic E-state index is 11.3. The monoisotopic (exact) mass is 292 g/mol. The van der Waals surface area contributed by atoms with E-state index in [1.807, 2.05) is 6.07 Å². The van der Waals surface area contributed by atoms with Gasteiger partial charge in [0.25, 0.3) is 5.69 Å². The third-order valence-electron chi connectivity index (χ3n) is 3.88. The molecule has 1 aliphatic heterocycles. The van der Waals surface area contributed by atoms with Crippen molar-refractivity contribution >= 4 is 17.3 Å². The van der Waals surface area contributed by atoms with Crippen LogP contribution in [0.1, 0.15) is 18.4 Å². The molecule has 1 aromatic rings. The van der Waals surface area contributed by atoms with Gasteiger partial charge in [-0.1, -0.05) is 12.1 Å². The molecule has 1 amide bonds. The van der Waals surface area contributed by atoms with Gasteiger partial charge in [-0.15, -0.1) is 0 Å². The normalized spacial score (nSPS) is 19.2. The number of primary amides is 1. The van der Waals surface area contributed by atoms with Crippen LogP contribution in [-0.2, 0) is 11.3 Å². The second kappa shape index (κ2) is 6.53. The number of rotatable bonds is 5. The molecule has 7 nitrogen and oxygen atoms in total. The Morgan fingerprint density at radius 2 is 2.33 bits per heavy atom. The minimum absolute atomic E-state index is 0.0680. The van der Waals surface area contributed by atoms with Crippen LogP contribution in [0, 0.1) is 16.0 Å². The number of likely N-dealkylation sites (tertiary alicyclic amines) is 1. The number of nitro groups is 1. The van der Waals surface area contributed by atoms with Gasteiger partial charge in [-0.05, 0) is 24.9 Å². The van der Waals surface area contributed by atoms with Gasteiger partial charge in [-0.25, -0.2) is 0 Å². The number of nitrogens with two attached hydrogens (primary N) is 1. The largest absolute Gasteiger partial charge is 0.382 e. The highest BCUT2D eigenvalue weighted by Gasteiger charge is 2.25. The minimum atomic E-state index is -0.391. The van der Waals surface area contributed by atoms with Gasteiger partial charge in [0, 0.05) is 26.2 Å². The zero-order valence-electron chi connectivity index (χ0n) is 12.0. The van der Waals surface area contributed by atoms with Crippen LogP contribution in [0.25, 0.3) is 0 Å². The molecule has 1 saturated heterocycles. The number of anilines is 1. The Balaban J connectivity index is 2.17. The van der Waals surface area contributed by atoms with Gasteiger partial charge in [-0.3, -0.25) is 19.8 Å². The molecule has 114 valence electrons. The number of nitrogens with zero attached hydrogens (tertiary/aromatic N) is 2. The lowest BCUT2D eigenvalue weighted by atomic mass is 9.97. The molecule has 0 radical (unpaired) electrons. The summed E-state index contributed by atoms with van der Waals surface area (Å²) in [5.74, 6) is -0.400. The summed E-state index contributed by atoms with van der Waals surface area (Å²) in [4.78, 5) is 24.1. The number of para-hydroxylation sites is 1. The number of carbonyl (C=O) groups excluding carboxylic acids is 1. The smallest absolute Gasteiger partial charge is 0.292 e. The van der Waals surface area contributed by atoms with Crippen LogP contribution in [-0.4, -0.2) is 35.9 Å². The second-order valence-corrected chi connectivity index (χ2v) is 5.30. The van der Waals surface area contributed by atoms with Gasteiger partial charge in [0.05, 0.1) is 10.8 Å². The van der Waals surface area contributed by atoms with E-state index in [0.29, 0.717) is 18.8 Å². The molecule has 7 heteroatoms. The van der Waals surface area contributed by atoms with Crippen LogP contribution in [0.2, 0.25) is 0 Å². The first-order chi connectivity index (χ1) is 10.0. The number of hydrogen-bond acceptors (Lipinski definition) is 5. The molecular weight excluding hydrogens is 272 g/mol. The lowest BCUT2D eigenvalue weighted by molar-refractivity contribution is -0.384. The first-order valence-corrected chi connectivity index (χ1v) is 6.98. The molecular formula is C14H20N4O3. The number of hydrogen-bond donors (Lipinski definition) is 2. The summed E-state index contributed by atoms with van der Waals surface area (Å²) in [6.07, 6.45) is 1.73. The molecule has 0 spiro atoms. The fourth-order valence-electron chi connectivity index (χ4n) is 2.83. The van der Waals surface area contributed by atoms with Gasteiger partial charge in [0.1, 0.15) is 5.69 Å². The maximum Gasteiger partial charge on any atom is 0.292 e.